The van der Waals surface area contributed by atoms with Crippen molar-refractivity contribution in [3.63, 3.8) is 0 Å². The van der Waals surface area contributed by atoms with Crippen LogP contribution in [0, 0.1) is 0 Å². The first-order chi connectivity index (χ1) is 8.81. The Hall–Kier alpha value is -0.830. The summed E-state index contributed by atoms with van der Waals surface area (Å²) in [6, 6.07) is 18.0. The van der Waals surface area contributed by atoms with Crippen LogP contribution in [-0.2, 0) is 4.74 Å². The Bertz CT molecular complexity index is 470. The van der Waals surface area contributed by atoms with Crippen LogP contribution in [0.2, 0.25) is 5.02 Å². The SMILES string of the molecule is Clc1ccc(C(OCCBr)c2ccccc2)cc1. The molecule has 0 bridgehead atoms. The Kier molecular flexibility index (Phi) is 5.24. The molecular formula is C15H14BrClO. The van der Waals surface area contributed by atoms with E-state index in [0.717, 1.165) is 21.5 Å². The summed E-state index contributed by atoms with van der Waals surface area (Å²) >= 11 is 9.31. The maximum absolute atomic E-state index is 5.92. The van der Waals surface area contributed by atoms with E-state index in [1.165, 1.54) is 0 Å². The van der Waals surface area contributed by atoms with Crippen molar-refractivity contribution in [3.8, 4) is 0 Å². The molecule has 3 heteroatoms. The zero-order valence-corrected chi connectivity index (χ0v) is 12.2. The van der Waals surface area contributed by atoms with E-state index in [-0.39, 0.29) is 6.10 Å². The van der Waals surface area contributed by atoms with Crippen molar-refractivity contribution in [2.75, 3.05) is 11.9 Å². The van der Waals surface area contributed by atoms with Gasteiger partial charge in [-0.05, 0) is 23.3 Å². The molecule has 0 aliphatic rings. The lowest BCUT2D eigenvalue weighted by molar-refractivity contribution is 0.0940. The van der Waals surface area contributed by atoms with Gasteiger partial charge < -0.3 is 4.74 Å². The van der Waals surface area contributed by atoms with Crippen LogP contribution >= 0.6 is 27.5 Å². The van der Waals surface area contributed by atoms with Gasteiger partial charge in [0.2, 0.25) is 0 Å². The fourth-order valence-electron chi connectivity index (χ4n) is 1.81. The first-order valence-corrected chi connectivity index (χ1v) is 7.29. The summed E-state index contributed by atoms with van der Waals surface area (Å²) in [5, 5.41) is 1.57. The van der Waals surface area contributed by atoms with Crippen LogP contribution in [0.4, 0.5) is 0 Å². The Morgan fingerprint density at radius 2 is 1.56 bits per heavy atom. The van der Waals surface area contributed by atoms with Gasteiger partial charge in [-0.3, -0.25) is 0 Å². The second-order valence-electron chi connectivity index (χ2n) is 3.90. The van der Waals surface area contributed by atoms with E-state index in [0.29, 0.717) is 6.61 Å². The molecule has 0 saturated heterocycles. The number of alkyl halides is 1. The number of rotatable bonds is 5. The van der Waals surface area contributed by atoms with Crippen molar-refractivity contribution in [2.24, 2.45) is 0 Å². The zero-order valence-electron chi connectivity index (χ0n) is 9.85. The number of halogens is 2. The minimum Gasteiger partial charge on any atom is -0.368 e. The fourth-order valence-corrected chi connectivity index (χ4v) is 2.13. The summed E-state index contributed by atoms with van der Waals surface area (Å²) in [4.78, 5) is 0. The molecule has 18 heavy (non-hydrogen) atoms. The Balaban J connectivity index is 2.27. The van der Waals surface area contributed by atoms with Crippen LogP contribution < -0.4 is 0 Å². The molecule has 2 aromatic rings. The molecule has 2 aromatic carbocycles. The third kappa shape index (κ3) is 3.58. The minimum atomic E-state index is -0.0407. The standard InChI is InChI=1S/C15H14BrClO/c16-10-11-18-15(12-4-2-1-3-5-12)13-6-8-14(17)9-7-13/h1-9,15H,10-11H2. The molecule has 0 aromatic heterocycles. The van der Waals surface area contributed by atoms with Crippen molar-refractivity contribution < 1.29 is 4.74 Å². The van der Waals surface area contributed by atoms with Gasteiger partial charge >= 0.3 is 0 Å². The summed E-state index contributed by atoms with van der Waals surface area (Å²) in [5.41, 5.74) is 2.27. The normalized spacial score (nSPS) is 12.3. The number of hydrogen-bond donors (Lipinski definition) is 0. The minimum absolute atomic E-state index is 0.0407. The molecule has 1 unspecified atom stereocenters. The first-order valence-electron chi connectivity index (χ1n) is 5.79. The second kappa shape index (κ2) is 6.93. The zero-order chi connectivity index (χ0) is 12.8. The fraction of sp³-hybridized carbons (Fsp3) is 0.200. The molecule has 0 N–H and O–H groups in total. The van der Waals surface area contributed by atoms with Gasteiger partial charge in [-0.1, -0.05) is 70.0 Å². The molecule has 1 nitrogen and oxygen atoms in total. The molecule has 0 amide bonds. The van der Waals surface area contributed by atoms with Crippen molar-refractivity contribution >= 4 is 27.5 Å². The van der Waals surface area contributed by atoms with Gasteiger partial charge in [0, 0.05) is 10.4 Å². The molecular weight excluding hydrogens is 312 g/mol. The molecule has 94 valence electrons. The molecule has 0 radical (unpaired) electrons. The summed E-state index contributed by atoms with van der Waals surface area (Å²) in [6.07, 6.45) is -0.0407. The highest BCUT2D eigenvalue weighted by molar-refractivity contribution is 9.09. The van der Waals surface area contributed by atoms with Crippen molar-refractivity contribution in [1.29, 1.82) is 0 Å². The second-order valence-corrected chi connectivity index (χ2v) is 5.13. The molecule has 0 fully saturated rings. The van der Waals surface area contributed by atoms with Crippen molar-refractivity contribution in [3.05, 3.63) is 70.7 Å². The van der Waals surface area contributed by atoms with Crippen molar-refractivity contribution in [1.82, 2.24) is 0 Å². The van der Waals surface area contributed by atoms with Gasteiger partial charge in [-0.25, -0.2) is 0 Å². The van der Waals surface area contributed by atoms with E-state index in [1.54, 1.807) is 0 Å². The topological polar surface area (TPSA) is 9.23 Å². The van der Waals surface area contributed by atoms with E-state index in [9.17, 15) is 0 Å². The molecule has 0 heterocycles. The third-order valence-electron chi connectivity index (χ3n) is 2.64. The summed E-state index contributed by atoms with van der Waals surface area (Å²) < 4.78 is 5.91. The average molecular weight is 326 g/mol. The quantitative estimate of drug-likeness (QED) is 0.715. The van der Waals surface area contributed by atoms with E-state index in [2.05, 4.69) is 28.1 Å². The average Bonchev–Trinajstić information content (AvgIpc) is 2.42. The van der Waals surface area contributed by atoms with Gasteiger partial charge in [0.05, 0.1) is 6.61 Å². The lowest BCUT2D eigenvalue weighted by Crippen LogP contribution is -2.07. The van der Waals surface area contributed by atoms with Crippen LogP contribution in [0.3, 0.4) is 0 Å². The van der Waals surface area contributed by atoms with Crippen LogP contribution in [0.15, 0.2) is 54.6 Å². The van der Waals surface area contributed by atoms with Gasteiger partial charge in [0.1, 0.15) is 6.10 Å². The van der Waals surface area contributed by atoms with Crippen LogP contribution in [0.5, 0.6) is 0 Å². The maximum atomic E-state index is 5.92. The number of hydrogen-bond acceptors (Lipinski definition) is 1. The predicted octanol–water partition coefficient (Wildman–Crippen LogP) is 4.84. The first kappa shape index (κ1) is 13.6. The van der Waals surface area contributed by atoms with Crippen molar-refractivity contribution in [2.45, 2.75) is 6.10 Å². The predicted molar refractivity (Wildman–Crippen MR) is 79.5 cm³/mol. The molecule has 1 atom stereocenters. The third-order valence-corrected chi connectivity index (χ3v) is 3.21. The van der Waals surface area contributed by atoms with Gasteiger partial charge in [-0.2, -0.15) is 0 Å². The monoisotopic (exact) mass is 324 g/mol. The van der Waals surface area contributed by atoms with Crippen LogP contribution in [0.1, 0.15) is 17.2 Å². The van der Waals surface area contributed by atoms with Crippen LogP contribution in [0.25, 0.3) is 0 Å². The van der Waals surface area contributed by atoms with E-state index in [4.69, 9.17) is 16.3 Å². The Morgan fingerprint density at radius 1 is 0.944 bits per heavy atom. The van der Waals surface area contributed by atoms with Gasteiger partial charge in [-0.15, -0.1) is 0 Å². The van der Waals surface area contributed by atoms with E-state index in [1.807, 2.05) is 42.5 Å². The highest BCUT2D eigenvalue weighted by Gasteiger charge is 2.13. The molecule has 0 aliphatic carbocycles. The Labute approximate surface area is 121 Å². The largest absolute Gasteiger partial charge is 0.368 e. The maximum Gasteiger partial charge on any atom is 0.108 e. The summed E-state index contributed by atoms with van der Waals surface area (Å²) in [6.45, 7) is 0.669. The lowest BCUT2D eigenvalue weighted by atomic mass is 10.0. The van der Waals surface area contributed by atoms with Gasteiger partial charge in [0.25, 0.3) is 0 Å². The Morgan fingerprint density at radius 3 is 2.17 bits per heavy atom. The van der Waals surface area contributed by atoms with Gasteiger partial charge in [0.15, 0.2) is 0 Å². The number of ether oxygens (including phenoxy) is 1. The highest BCUT2D eigenvalue weighted by Crippen LogP contribution is 2.26. The van der Waals surface area contributed by atoms with E-state index >= 15 is 0 Å². The van der Waals surface area contributed by atoms with Crippen LogP contribution in [-0.4, -0.2) is 11.9 Å². The highest BCUT2D eigenvalue weighted by atomic mass is 79.9. The van der Waals surface area contributed by atoms with E-state index < -0.39 is 0 Å². The lowest BCUT2D eigenvalue weighted by Gasteiger charge is -2.18. The smallest absolute Gasteiger partial charge is 0.108 e. The summed E-state index contributed by atoms with van der Waals surface area (Å²) in [5.74, 6) is 0. The molecule has 0 saturated carbocycles. The molecule has 0 spiro atoms. The number of benzene rings is 2. The molecule has 2 rings (SSSR count). The summed E-state index contributed by atoms with van der Waals surface area (Å²) in [7, 11) is 0. The molecule has 0 aliphatic heterocycles.